The number of pyridine rings is 2. The third-order valence-electron chi connectivity index (χ3n) is 2.85. The second kappa shape index (κ2) is 11.4. The Morgan fingerprint density at radius 2 is 1.48 bits per heavy atom. The molecule has 0 radical (unpaired) electrons. The van der Waals surface area contributed by atoms with Crippen LogP contribution in [-0.4, -0.2) is 22.8 Å². The Morgan fingerprint density at radius 3 is 1.93 bits per heavy atom. The molecule has 0 aliphatic heterocycles. The van der Waals surface area contributed by atoms with Gasteiger partial charge in [0.1, 0.15) is 11.4 Å². The van der Waals surface area contributed by atoms with Crippen LogP contribution in [0.4, 0.5) is 26.3 Å². The fourth-order valence-electron chi connectivity index (χ4n) is 1.76. The number of ether oxygens (including phenoxy) is 1. The smallest absolute Gasteiger partial charge is 0.433 e. The van der Waals surface area contributed by atoms with Gasteiger partial charge in [0.25, 0.3) is 0 Å². The van der Waals surface area contributed by atoms with Crippen LogP contribution in [0, 0.1) is 6.92 Å². The molecular formula is C18H22F6N2O. The number of hydrogen-bond acceptors (Lipinski definition) is 3. The van der Waals surface area contributed by atoms with Crippen molar-refractivity contribution in [3.05, 3.63) is 53.6 Å². The molecule has 3 nitrogen and oxygen atoms in total. The summed E-state index contributed by atoms with van der Waals surface area (Å²) in [7, 11) is 0. The molecule has 0 bridgehead atoms. The maximum atomic E-state index is 12.0. The number of aryl methyl sites for hydroxylation is 2. The predicted octanol–water partition coefficient (Wildman–Crippen LogP) is 6.02. The summed E-state index contributed by atoms with van der Waals surface area (Å²) in [6, 6.07) is 5.89. The van der Waals surface area contributed by atoms with E-state index in [9.17, 15) is 26.3 Å². The molecule has 0 atom stereocenters. The Hall–Kier alpha value is -2.32. The molecule has 0 aliphatic carbocycles. The monoisotopic (exact) mass is 396 g/mol. The highest BCUT2D eigenvalue weighted by Gasteiger charge is 2.33. The fourth-order valence-corrected chi connectivity index (χ4v) is 1.76. The van der Waals surface area contributed by atoms with Crippen LogP contribution in [0.3, 0.4) is 0 Å². The molecule has 0 spiro atoms. The summed E-state index contributed by atoms with van der Waals surface area (Å²) in [5.74, 6) is 0.201. The van der Waals surface area contributed by atoms with Crippen LogP contribution in [0.2, 0.25) is 0 Å². The Bertz CT molecular complexity index is 671. The molecule has 27 heavy (non-hydrogen) atoms. The van der Waals surface area contributed by atoms with E-state index in [1.165, 1.54) is 31.3 Å². The molecule has 152 valence electrons. The van der Waals surface area contributed by atoms with E-state index >= 15 is 0 Å². The highest BCUT2D eigenvalue weighted by molar-refractivity contribution is 5.26. The van der Waals surface area contributed by atoms with Crippen molar-refractivity contribution in [3.8, 4) is 5.75 Å². The first-order chi connectivity index (χ1) is 12.5. The SMILES string of the molecule is CC.CCc1ncccc1OCC(F)(F)F.Cc1cccnc1C(F)(F)F. The lowest BCUT2D eigenvalue weighted by Gasteiger charge is -2.10. The van der Waals surface area contributed by atoms with E-state index in [1.807, 2.05) is 20.8 Å². The van der Waals surface area contributed by atoms with Gasteiger partial charge in [-0.2, -0.15) is 26.3 Å². The second-order valence-corrected chi connectivity index (χ2v) is 4.87. The normalized spacial score (nSPS) is 10.9. The molecule has 0 N–H and O–H groups in total. The van der Waals surface area contributed by atoms with Gasteiger partial charge in [0.05, 0.1) is 5.69 Å². The van der Waals surface area contributed by atoms with Crippen LogP contribution >= 0.6 is 0 Å². The zero-order chi connectivity index (χ0) is 21.1. The van der Waals surface area contributed by atoms with E-state index in [0.717, 1.165) is 6.20 Å². The third-order valence-corrected chi connectivity index (χ3v) is 2.85. The van der Waals surface area contributed by atoms with Crippen molar-refractivity contribution in [2.45, 2.75) is 46.5 Å². The molecule has 0 saturated heterocycles. The van der Waals surface area contributed by atoms with Crippen LogP contribution in [0.25, 0.3) is 0 Å². The second-order valence-electron chi connectivity index (χ2n) is 4.87. The lowest BCUT2D eigenvalue weighted by Crippen LogP contribution is -2.19. The van der Waals surface area contributed by atoms with Crippen LogP contribution in [0.1, 0.15) is 37.7 Å². The van der Waals surface area contributed by atoms with Crippen LogP contribution in [-0.2, 0) is 12.6 Å². The number of aromatic nitrogens is 2. The Balaban J connectivity index is 0.000000469. The van der Waals surface area contributed by atoms with Crippen molar-refractivity contribution in [1.82, 2.24) is 9.97 Å². The van der Waals surface area contributed by atoms with Crippen LogP contribution < -0.4 is 4.74 Å². The topological polar surface area (TPSA) is 35.0 Å². The zero-order valence-corrected chi connectivity index (χ0v) is 15.4. The number of nitrogens with zero attached hydrogens (tertiary/aromatic N) is 2. The summed E-state index contributed by atoms with van der Waals surface area (Å²) in [5.41, 5.74) is -0.114. The lowest BCUT2D eigenvalue weighted by molar-refractivity contribution is -0.153. The lowest BCUT2D eigenvalue weighted by atomic mass is 10.2. The third kappa shape index (κ3) is 9.81. The van der Waals surface area contributed by atoms with Gasteiger partial charge in [-0.15, -0.1) is 0 Å². The van der Waals surface area contributed by atoms with Crippen molar-refractivity contribution < 1.29 is 31.1 Å². The number of halogens is 6. The van der Waals surface area contributed by atoms with E-state index in [-0.39, 0.29) is 11.3 Å². The van der Waals surface area contributed by atoms with E-state index in [1.54, 1.807) is 6.07 Å². The summed E-state index contributed by atoms with van der Waals surface area (Å²) in [4.78, 5) is 7.13. The molecule has 0 unspecified atom stereocenters. The highest BCUT2D eigenvalue weighted by Crippen LogP contribution is 2.29. The van der Waals surface area contributed by atoms with Crippen LogP contribution in [0.15, 0.2) is 36.7 Å². The average Bonchev–Trinajstić information content (AvgIpc) is 2.61. The first-order valence-corrected chi connectivity index (χ1v) is 8.17. The maximum Gasteiger partial charge on any atom is 0.433 e. The molecule has 0 amide bonds. The summed E-state index contributed by atoms with van der Waals surface area (Å²) >= 11 is 0. The Labute approximate surface area is 154 Å². The summed E-state index contributed by atoms with van der Waals surface area (Å²) in [6.45, 7) is 5.92. The molecule has 0 saturated carbocycles. The van der Waals surface area contributed by atoms with Crippen molar-refractivity contribution in [2.75, 3.05) is 6.61 Å². The van der Waals surface area contributed by atoms with Gasteiger partial charge in [-0.1, -0.05) is 26.8 Å². The minimum absolute atomic E-state index is 0.153. The molecule has 2 rings (SSSR count). The number of rotatable bonds is 3. The van der Waals surface area contributed by atoms with E-state index in [2.05, 4.69) is 14.7 Å². The summed E-state index contributed by atoms with van der Waals surface area (Å²) in [5, 5.41) is 0. The van der Waals surface area contributed by atoms with Gasteiger partial charge in [0.2, 0.25) is 0 Å². The van der Waals surface area contributed by atoms with E-state index < -0.39 is 24.7 Å². The van der Waals surface area contributed by atoms with Gasteiger partial charge in [0, 0.05) is 12.4 Å². The first kappa shape index (κ1) is 24.7. The first-order valence-electron chi connectivity index (χ1n) is 8.17. The highest BCUT2D eigenvalue weighted by atomic mass is 19.4. The minimum Gasteiger partial charge on any atom is -0.482 e. The van der Waals surface area contributed by atoms with Gasteiger partial charge in [-0.25, -0.2) is 0 Å². The standard InChI is InChI=1S/C9H10F3NO.C7H6F3N.C2H6/c1-2-7-8(4-3-5-13-7)14-6-9(10,11)12;1-5-3-2-4-11-6(5)7(8,9)10;1-2/h3-5H,2,6H2,1H3;2-4H,1H3;1-2H3. The Kier molecular flexibility index (Phi) is 10.4. The Morgan fingerprint density at radius 1 is 0.926 bits per heavy atom. The zero-order valence-electron chi connectivity index (χ0n) is 15.4. The van der Waals surface area contributed by atoms with Crippen molar-refractivity contribution in [1.29, 1.82) is 0 Å². The van der Waals surface area contributed by atoms with Gasteiger partial charge in [0.15, 0.2) is 6.61 Å². The van der Waals surface area contributed by atoms with Gasteiger partial charge >= 0.3 is 12.4 Å². The maximum absolute atomic E-state index is 12.0. The summed E-state index contributed by atoms with van der Waals surface area (Å²) < 4.78 is 76.1. The number of hydrogen-bond donors (Lipinski definition) is 0. The molecule has 2 heterocycles. The molecule has 2 aromatic heterocycles. The van der Waals surface area contributed by atoms with E-state index in [0.29, 0.717) is 12.1 Å². The molecule has 0 fully saturated rings. The van der Waals surface area contributed by atoms with Gasteiger partial charge in [-0.3, -0.25) is 9.97 Å². The molecule has 2 aromatic rings. The predicted molar refractivity (Wildman–Crippen MR) is 90.5 cm³/mol. The van der Waals surface area contributed by atoms with Crippen molar-refractivity contribution >= 4 is 0 Å². The summed E-state index contributed by atoms with van der Waals surface area (Å²) in [6.07, 6.45) is -5.42. The van der Waals surface area contributed by atoms with Gasteiger partial charge < -0.3 is 4.74 Å². The van der Waals surface area contributed by atoms with Crippen molar-refractivity contribution in [3.63, 3.8) is 0 Å². The van der Waals surface area contributed by atoms with Crippen molar-refractivity contribution in [2.24, 2.45) is 0 Å². The van der Waals surface area contributed by atoms with Crippen LogP contribution in [0.5, 0.6) is 5.75 Å². The molecule has 0 aliphatic rings. The number of alkyl halides is 6. The average molecular weight is 396 g/mol. The fraction of sp³-hybridized carbons (Fsp3) is 0.444. The molecule has 9 heteroatoms. The quantitative estimate of drug-likeness (QED) is 0.595. The molecule has 0 aromatic carbocycles. The van der Waals surface area contributed by atoms with E-state index in [4.69, 9.17) is 0 Å². The minimum atomic E-state index is -4.33. The van der Waals surface area contributed by atoms with Gasteiger partial charge in [-0.05, 0) is 37.1 Å². The molecular weight excluding hydrogens is 374 g/mol. The largest absolute Gasteiger partial charge is 0.482 e.